The van der Waals surface area contributed by atoms with Crippen LogP contribution < -0.4 is 5.32 Å². The van der Waals surface area contributed by atoms with Gasteiger partial charge in [0.15, 0.2) is 0 Å². The lowest BCUT2D eigenvalue weighted by Crippen LogP contribution is -2.41. The van der Waals surface area contributed by atoms with Crippen LogP contribution in [0.15, 0.2) is 0 Å². The molecule has 1 saturated heterocycles. The van der Waals surface area contributed by atoms with Crippen LogP contribution in [-0.2, 0) is 0 Å². The molecule has 0 spiro atoms. The van der Waals surface area contributed by atoms with E-state index in [2.05, 4.69) is 26.1 Å². The van der Waals surface area contributed by atoms with Crippen molar-refractivity contribution in [2.45, 2.75) is 33.6 Å². The van der Waals surface area contributed by atoms with Gasteiger partial charge in [-0.1, -0.05) is 27.2 Å². The quantitative estimate of drug-likeness (QED) is 0.589. The fourth-order valence-electron chi connectivity index (χ4n) is 1.71. The average molecular weight is 141 g/mol. The molecular formula is C9H19N. The van der Waals surface area contributed by atoms with Crippen LogP contribution >= 0.6 is 0 Å². The van der Waals surface area contributed by atoms with Crippen LogP contribution in [0.1, 0.15) is 33.6 Å². The Hall–Kier alpha value is -0.0400. The molecule has 0 saturated carbocycles. The lowest BCUT2D eigenvalue weighted by atomic mass is 9.71. The fourth-order valence-corrected chi connectivity index (χ4v) is 1.71. The second-order valence-corrected chi connectivity index (χ2v) is 3.86. The van der Waals surface area contributed by atoms with E-state index in [9.17, 15) is 0 Å². The van der Waals surface area contributed by atoms with Crippen molar-refractivity contribution in [1.29, 1.82) is 0 Å². The van der Waals surface area contributed by atoms with Crippen LogP contribution in [0, 0.1) is 11.3 Å². The van der Waals surface area contributed by atoms with E-state index < -0.39 is 0 Å². The predicted molar refractivity (Wildman–Crippen MR) is 45.0 cm³/mol. The van der Waals surface area contributed by atoms with Gasteiger partial charge in [-0.05, 0) is 30.8 Å². The Bertz CT molecular complexity index is 111. The van der Waals surface area contributed by atoms with Gasteiger partial charge in [0, 0.05) is 0 Å². The van der Waals surface area contributed by atoms with Gasteiger partial charge in [-0.15, -0.1) is 0 Å². The summed E-state index contributed by atoms with van der Waals surface area (Å²) < 4.78 is 0. The summed E-state index contributed by atoms with van der Waals surface area (Å²) in [5.41, 5.74) is 0.616. The zero-order valence-electron chi connectivity index (χ0n) is 7.41. The lowest BCUT2D eigenvalue weighted by Gasteiger charge is -2.39. The molecule has 1 heteroatoms. The summed E-state index contributed by atoms with van der Waals surface area (Å²) in [6, 6.07) is 0. The maximum absolute atomic E-state index is 3.42. The molecule has 0 aliphatic carbocycles. The first-order valence-corrected chi connectivity index (χ1v) is 4.40. The van der Waals surface area contributed by atoms with Gasteiger partial charge in [-0.2, -0.15) is 0 Å². The van der Waals surface area contributed by atoms with E-state index in [-0.39, 0.29) is 0 Å². The summed E-state index contributed by atoms with van der Waals surface area (Å²) in [5.74, 6) is 0.853. The zero-order valence-corrected chi connectivity index (χ0v) is 7.41. The Labute approximate surface area is 64.2 Å². The van der Waals surface area contributed by atoms with Crippen molar-refractivity contribution in [3.8, 4) is 0 Å². The predicted octanol–water partition coefficient (Wildman–Crippen LogP) is 2.03. The van der Waals surface area contributed by atoms with Crippen molar-refractivity contribution in [3.63, 3.8) is 0 Å². The van der Waals surface area contributed by atoms with Crippen LogP contribution in [-0.4, -0.2) is 13.1 Å². The van der Waals surface area contributed by atoms with Crippen LogP contribution in [0.25, 0.3) is 0 Å². The SMILES string of the molecule is CCC1(C)CCNCC1C. The molecule has 2 unspecified atom stereocenters. The van der Waals surface area contributed by atoms with Crippen LogP contribution in [0.5, 0.6) is 0 Å². The zero-order chi connectivity index (χ0) is 7.61. The molecule has 0 bridgehead atoms. The van der Waals surface area contributed by atoms with Gasteiger partial charge in [0.05, 0.1) is 0 Å². The molecule has 10 heavy (non-hydrogen) atoms. The van der Waals surface area contributed by atoms with E-state index >= 15 is 0 Å². The molecule has 0 radical (unpaired) electrons. The van der Waals surface area contributed by atoms with E-state index in [1.54, 1.807) is 0 Å². The Kier molecular flexibility index (Phi) is 2.35. The summed E-state index contributed by atoms with van der Waals surface area (Å²) >= 11 is 0. The number of nitrogens with one attached hydrogen (secondary N) is 1. The smallest absolute Gasteiger partial charge is 0.00179 e. The molecule has 1 aliphatic rings. The molecular weight excluding hydrogens is 122 g/mol. The molecule has 0 aromatic carbocycles. The van der Waals surface area contributed by atoms with Crippen molar-refractivity contribution in [3.05, 3.63) is 0 Å². The molecule has 1 nitrogen and oxygen atoms in total. The van der Waals surface area contributed by atoms with Crippen molar-refractivity contribution in [2.24, 2.45) is 11.3 Å². The fraction of sp³-hybridized carbons (Fsp3) is 1.00. The monoisotopic (exact) mass is 141 g/mol. The standard InChI is InChI=1S/C9H19N/c1-4-9(3)5-6-10-7-8(9)2/h8,10H,4-7H2,1-3H3. The Morgan fingerprint density at radius 2 is 2.30 bits per heavy atom. The first kappa shape index (κ1) is 8.06. The molecule has 1 N–H and O–H groups in total. The third-order valence-corrected chi connectivity index (χ3v) is 3.32. The third-order valence-electron chi connectivity index (χ3n) is 3.32. The number of piperidine rings is 1. The second-order valence-electron chi connectivity index (χ2n) is 3.86. The van der Waals surface area contributed by atoms with Gasteiger partial charge >= 0.3 is 0 Å². The molecule has 0 amide bonds. The average Bonchev–Trinajstić information content (AvgIpc) is 1.96. The first-order valence-electron chi connectivity index (χ1n) is 4.40. The molecule has 1 fully saturated rings. The molecule has 1 aliphatic heterocycles. The molecule has 2 atom stereocenters. The van der Waals surface area contributed by atoms with Gasteiger partial charge in [0.2, 0.25) is 0 Å². The largest absolute Gasteiger partial charge is 0.316 e. The van der Waals surface area contributed by atoms with Crippen molar-refractivity contribution in [2.75, 3.05) is 13.1 Å². The molecule has 1 heterocycles. The Balaban J connectivity index is 2.54. The minimum Gasteiger partial charge on any atom is -0.316 e. The third kappa shape index (κ3) is 1.34. The first-order chi connectivity index (χ1) is 4.69. The van der Waals surface area contributed by atoms with E-state index in [4.69, 9.17) is 0 Å². The second kappa shape index (κ2) is 2.91. The van der Waals surface area contributed by atoms with E-state index in [1.165, 1.54) is 25.9 Å². The number of hydrogen-bond acceptors (Lipinski definition) is 1. The van der Waals surface area contributed by atoms with Crippen LogP contribution in [0.4, 0.5) is 0 Å². The molecule has 0 aromatic rings. The summed E-state index contributed by atoms with van der Waals surface area (Å²) in [5, 5.41) is 3.42. The minimum atomic E-state index is 0.616. The van der Waals surface area contributed by atoms with Gasteiger partial charge in [-0.25, -0.2) is 0 Å². The Morgan fingerprint density at radius 1 is 1.60 bits per heavy atom. The van der Waals surface area contributed by atoms with Gasteiger partial charge < -0.3 is 5.32 Å². The summed E-state index contributed by atoms with van der Waals surface area (Å²) in [6.07, 6.45) is 2.68. The van der Waals surface area contributed by atoms with Crippen molar-refractivity contribution >= 4 is 0 Å². The molecule has 1 rings (SSSR count). The van der Waals surface area contributed by atoms with Gasteiger partial charge in [0.25, 0.3) is 0 Å². The molecule has 60 valence electrons. The van der Waals surface area contributed by atoms with Gasteiger partial charge in [-0.3, -0.25) is 0 Å². The number of rotatable bonds is 1. The van der Waals surface area contributed by atoms with Gasteiger partial charge in [0.1, 0.15) is 0 Å². The van der Waals surface area contributed by atoms with Crippen molar-refractivity contribution < 1.29 is 0 Å². The summed E-state index contributed by atoms with van der Waals surface area (Å²) in [4.78, 5) is 0. The summed E-state index contributed by atoms with van der Waals surface area (Å²) in [6.45, 7) is 9.51. The van der Waals surface area contributed by atoms with Crippen LogP contribution in [0.3, 0.4) is 0 Å². The van der Waals surface area contributed by atoms with E-state index in [1.807, 2.05) is 0 Å². The van der Waals surface area contributed by atoms with Crippen LogP contribution in [0.2, 0.25) is 0 Å². The number of hydrogen-bond donors (Lipinski definition) is 1. The highest BCUT2D eigenvalue weighted by molar-refractivity contribution is 4.84. The van der Waals surface area contributed by atoms with E-state index in [0.717, 1.165) is 5.92 Å². The maximum atomic E-state index is 3.42. The highest BCUT2D eigenvalue weighted by Gasteiger charge is 2.31. The normalized spacial score (nSPS) is 41.7. The maximum Gasteiger partial charge on any atom is -0.00179 e. The lowest BCUT2D eigenvalue weighted by molar-refractivity contribution is 0.139. The highest BCUT2D eigenvalue weighted by atomic mass is 14.9. The topological polar surface area (TPSA) is 12.0 Å². The summed E-state index contributed by atoms with van der Waals surface area (Å²) in [7, 11) is 0. The minimum absolute atomic E-state index is 0.616. The highest BCUT2D eigenvalue weighted by Crippen LogP contribution is 2.35. The Morgan fingerprint density at radius 3 is 2.70 bits per heavy atom. The van der Waals surface area contributed by atoms with Crippen molar-refractivity contribution in [1.82, 2.24) is 5.32 Å². The van der Waals surface area contributed by atoms with E-state index in [0.29, 0.717) is 5.41 Å². The molecule has 0 aromatic heterocycles.